The first-order valence-corrected chi connectivity index (χ1v) is 6.15. The highest BCUT2D eigenvalue weighted by Gasteiger charge is 2.24. The highest BCUT2D eigenvalue weighted by Crippen LogP contribution is 2.14. The molecule has 1 unspecified atom stereocenters. The summed E-state index contributed by atoms with van der Waals surface area (Å²) in [5.74, 6) is 3.31. The minimum Gasteiger partial charge on any atom is -0.340 e. The topological polar surface area (TPSA) is 68.8 Å². The van der Waals surface area contributed by atoms with Gasteiger partial charge in [0.05, 0.1) is 11.8 Å². The quantitative estimate of drug-likeness (QED) is 0.776. The van der Waals surface area contributed by atoms with Crippen LogP contribution in [0, 0.1) is 13.8 Å². The maximum atomic E-state index is 5.69. The Morgan fingerprint density at radius 3 is 2.39 bits per heavy atom. The summed E-state index contributed by atoms with van der Waals surface area (Å²) >= 11 is 0. The maximum absolute atomic E-state index is 5.69. The van der Waals surface area contributed by atoms with Crippen LogP contribution in [0.5, 0.6) is 0 Å². The van der Waals surface area contributed by atoms with Gasteiger partial charge in [-0.2, -0.15) is 4.98 Å². The minimum atomic E-state index is 0.124. The van der Waals surface area contributed by atoms with Crippen LogP contribution in [-0.4, -0.2) is 15.1 Å². The maximum Gasteiger partial charge on any atom is 0.355 e. The van der Waals surface area contributed by atoms with E-state index in [4.69, 9.17) is 9.05 Å². The third-order valence-corrected chi connectivity index (χ3v) is 2.75. The van der Waals surface area contributed by atoms with Crippen LogP contribution in [0.3, 0.4) is 0 Å². The molecule has 0 aliphatic carbocycles. The highest BCUT2D eigenvalue weighted by molar-refractivity contribution is 4.91. The molecule has 0 saturated carbocycles. The lowest BCUT2D eigenvalue weighted by atomic mass is 10.2. The molecular formula is C12H19N4O2+. The fraction of sp³-hybridized carbons (Fsp3) is 0.667. The van der Waals surface area contributed by atoms with Crippen molar-refractivity contribution in [3.05, 3.63) is 23.4 Å². The van der Waals surface area contributed by atoms with Crippen LogP contribution in [0.1, 0.15) is 56.0 Å². The lowest BCUT2D eigenvalue weighted by Gasteiger charge is -2.01. The molecule has 98 valence electrons. The third kappa shape index (κ3) is 2.57. The Morgan fingerprint density at radius 1 is 1.17 bits per heavy atom. The van der Waals surface area contributed by atoms with Crippen molar-refractivity contribution >= 4 is 0 Å². The van der Waals surface area contributed by atoms with Crippen molar-refractivity contribution in [1.29, 1.82) is 0 Å². The van der Waals surface area contributed by atoms with Crippen molar-refractivity contribution in [2.45, 2.75) is 53.0 Å². The monoisotopic (exact) mass is 251 g/mol. The molecule has 6 nitrogen and oxygen atoms in total. The molecule has 1 atom stereocenters. The standard InChI is InChI=1S/C12H19N4O2/c1-7(2)12-13-9(4)16(18-12)6-8(3)11-14-10(5)17-15-11/h7-8H,6H2,1-5H3/q+1. The molecule has 0 aliphatic heterocycles. The molecule has 0 radical (unpaired) electrons. The first-order chi connectivity index (χ1) is 8.47. The zero-order chi connectivity index (χ0) is 13.3. The summed E-state index contributed by atoms with van der Waals surface area (Å²) in [5, 5.41) is 3.92. The van der Waals surface area contributed by atoms with Crippen LogP contribution in [0.15, 0.2) is 9.05 Å². The Morgan fingerprint density at radius 2 is 1.89 bits per heavy atom. The molecule has 0 spiro atoms. The summed E-state index contributed by atoms with van der Waals surface area (Å²) < 4.78 is 12.5. The molecule has 0 bridgehead atoms. The molecule has 18 heavy (non-hydrogen) atoms. The van der Waals surface area contributed by atoms with Crippen molar-refractivity contribution in [2.75, 3.05) is 0 Å². The summed E-state index contributed by atoms with van der Waals surface area (Å²) in [6, 6.07) is 0. The van der Waals surface area contributed by atoms with Crippen LogP contribution in [0.2, 0.25) is 0 Å². The van der Waals surface area contributed by atoms with Gasteiger partial charge in [-0.3, -0.25) is 4.52 Å². The zero-order valence-corrected chi connectivity index (χ0v) is 11.5. The molecule has 2 heterocycles. The Kier molecular flexibility index (Phi) is 3.45. The predicted octanol–water partition coefficient (Wildman–Crippen LogP) is 1.89. The van der Waals surface area contributed by atoms with Gasteiger partial charge in [0.15, 0.2) is 5.82 Å². The average molecular weight is 251 g/mol. The van der Waals surface area contributed by atoms with Crippen LogP contribution in [0.25, 0.3) is 0 Å². The van der Waals surface area contributed by atoms with Crippen LogP contribution < -0.4 is 4.74 Å². The highest BCUT2D eigenvalue weighted by atomic mass is 16.5. The Labute approximate surface area is 106 Å². The van der Waals surface area contributed by atoms with E-state index in [1.165, 1.54) is 0 Å². The van der Waals surface area contributed by atoms with Gasteiger partial charge in [-0.25, -0.2) is 0 Å². The van der Waals surface area contributed by atoms with Crippen molar-refractivity contribution in [2.24, 2.45) is 0 Å². The van der Waals surface area contributed by atoms with Crippen LogP contribution in [0.4, 0.5) is 0 Å². The second-order valence-electron chi connectivity index (χ2n) is 4.88. The van der Waals surface area contributed by atoms with E-state index in [2.05, 4.69) is 29.0 Å². The number of aromatic nitrogens is 4. The molecule has 0 N–H and O–H groups in total. The fourth-order valence-corrected chi connectivity index (χ4v) is 1.66. The normalized spacial score (nSPS) is 13.2. The lowest BCUT2D eigenvalue weighted by molar-refractivity contribution is -0.871. The molecule has 0 aliphatic rings. The van der Waals surface area contributed by atoms with Crippen LogP contribution in [-0.2, 0) is 6.54 Å². The van der Waals surface area contributed by atoms with E-state index in [-0.39, 0.29) is 11.8 Å². The van der Waals surface area contributed by atoms with Crippen molar-refractivity contribution in [3.8, 4) is 0 Å². The number of rotatable bonds is 4. The minimum absolute atomic E-state index is 0.124. The Bertz CT molecular complexity index is 530. The van der Waals surface area contributed by atoms with Gasteiger partial charge in [-0.1, -0.05) is 30.7 Å². The smallest absolute Gasteiger partial charge is 0.340 e. The number of hydrogen-bond acceptors (Lipinski definition) is 5. The second-order valence-corrected chi connectivity index (χ2v) is 4.88. The summed E-state index contributed by atoms with van der Waals surface area (Å²) in [6.07, 6.45) is 0. The molecular weight excluding hydrogens is 232 g/mol. The second kappa shape index (κ2) is 4.88. The summed E-state index contributed by atoms with van der Waals surface area (Å²) in [5.41, 5.74) is 0. The Balaban J connectivity index is 2.14. The predicted molar refractivity (Wildman–Crippen MR) is 63.0 cm³/mol. The Hall–Kier alpha value is -1.72. The molecule has 0 aromatic carbocycles. The van der Waals surface area contributed by atoms with Gasteiger partial charge < -0.3 is 4.52 Å². The largest absolute Gasteiger partial charge is 0.355 e. The summed E-state index contributed by atoms with van der Waals surface area (Å²) in [4.78, 5) is 8.62. The average Bonchev–Trinajstić information content (AvgIpc) is 2.86. The molecule has 0 amide bonds. The van der Waals surface area contributed by atoms with Crippen molar-refractivity contribution in [3.63, 3.8) is 0 Å². The van der Waals surface area contributed by atoms with Crippen LogP contribution >= 0.6 is 0 Å². The van der Waals surface area contributed by atoms with Gasteiger partial charge in [-0.15, -0.1) is 0 Å². The first-order valence-electron chi connectivity index (χ1n) is 6.15. The van der Waals surface area contributed by atoms with E-state index < -0.39 is 0 Å². The van der Waals surface area contributed by atoms with E-state index in [0.717, 1.165) is 11.7 Å². The van der Waals surface area contributed by atoms with Gasteiger partial charge >= 0.3 is 11.7 Å². The summed E-state index contributed by atoms with van der Waals surface area (Å²) in [7, 11) is 0. The van der Waals surface area contributed by atoms with Gasteiger partial charge in [0.25, 0.3) is 0 Å². The molecule has 2 rings (SSSR count). The molecule has 0 saturated heterocycles. The third-order valence-electron chi connectivity index (χ3n) is 2.75. The number of aryl methyl sites for hydroxylation is 2. The van der Waals surface area contributed by atoms with Crippen molar-refractivity contribution in [1.82, 2.24) is 15.1 Å². The van der Waals surface area contributed by atoms with E-state index in [1.54, 1.807) is 11.7 Å². The van der Waals surface area contributed by atoms with E-state index >= 15 is 0 Å². The van der Waals surface area contributed by atoms with E-state index in [0.29, 0.717) is 18.3 Å². The molecule has 2 aromatic rings. The first kappa shape index (κ1) is 12.7. The zero-order valence-electron chi connectivity index (χ0n) is 11.5. The van der Waals surface area contributed by atoms with E-state index in [1.807, 2.05) is 13.8 Å². The molecule has 2 aromatic heterocycles. The molecule has 6 heteroatoms. The SMILES string of the molecule is Cc1nc(C(C)C[n+]2oc(C(C)C)nc2C)no1. The summed E-state index contributed by atoms with van der Waals surface area (Å²) in [6.45, 7) is 10.5. The molecule has 0 fully saturated rings. The van der Waals surface area contributed by atoms with E-state index in [9.17, 15) is 0 Å². The van der Waals surface area contributed by atoms with Gasteiger partial charge in [0.1, 0.15) is 6.54 Å². The van der Waals surface area contributed by atoms with Crippen molar-refractivity contribution < 1.29 is 13.8 Å². The fourth-order valence-electron chi connectivity index (χ4n) is 1.66. The number of nitrogens with zero attached hydrogens (tertiary/aromatic N) is 4. The number of hydrogen-bond donors (Lipinski definition) is 0. The van der Waals surface area contributed by atoms with Gasteiger partial charge in [0.2, 0.25) is 5.89 Å². The lowest BCUT2D eigenvalue weighted by Crippen LogP contribution is -2.37. The van der Waals surface area contributed by atoms with Gasteiger partial charge in [-0.05, 0) is 4.98 Å². The van der Waals surface area contributed by atoms with Gasteiger partial charge in [0, 0.05) is 13.8 Å².